The van der Waals surface area contributed by atoms with Crippen LogP contribution in [0.15, 0.2) is 83.7 Å². The Morgan fingerprint density at radius 3 is 2.20 bits per heavy atom. The molecule has 3 fully saturated rings. The molecule has 2 amide bonds. The van der Waals surface area contributed by atoms with E-state index < -0.39 is 11.7 Å². The maximum atomic E-state index is 15.1. The Hall–Kier alpha value is -5.64. The van der Waals surface area contributed by atoms with Gasteiger partial charge in [0, 0.05) is 93.3 Å². The van der Waals surface area contributed by atoms with Gasteiger partial charge in [0.2, 0.25) is 5.91 Å². The predicted octanol–water partition coefficient (Wildman–Crippen LogP) is 6.58. The number of benzene rings is 4. The van der Waals surface area contributed by atoms with E-state index in [1.165, 1.54) is 29.3 Å². The summed E-state index contributed by atoms with van der Waals surface area (Å²) in [5, 5.41) is 17.7. The van der Waals surface area contributed by atoms with Gasteiger partial charge in [-0.15, -0.1) is 0 Å². The number of nitrogens with zero attached hydrogens (tertiary/aromatic N) is 6. The number of hydrogen-bond donors (Lipinski definition) is 0. The van der Waals surface area contributed by atoms with Crippen molar-refractivity contribution in [1.82, 2.24) is 19.6 Å². The molecule has 0 N–H and O–H groups in total. The van der Waals surface area contributed by atoms with Crippen LogP contribution in [0.4, 0.5) is 10.1 Å². The average Bonchev–Trinajstić information content (AvgIpc) is 4.22. The van der Waals surface area contributed by atoms with E-state index in [9.17, 15) is 19.6 Å². The van der Waals surface area contributed by atoms with E-state index in [0.29, 0.717) is 86.6 Å². The molecule has 5 aromatic rings. The normalized spacial score (nSPS) is 15.5. The van der Waals surface area contributed by atoms with E-state index in [0.717, 1.165) is 55.5 Å². The molecule has 1 aliphatic heterocycles. The quantitative estimate of drug-likeness (QED) is 0.0913. The third-order valence-corrected chi connectivity index (χ3v) is 11.7. The molecule has 1 saturated heterocycles. The third kappa shape index (κ3) is 9.64. The molecule has 12 heteroatoms. The highest BCUT2D eigenvalue weighted by Gasteiger charge is 2.35. The minimum absolute atomic E-state index is 0.00754. The number of nitriles is 1. The lowest BCUT2D eigenvalue weighted by Gasteiger charge is -2.35. The number of ether oxygens (including phenoxy) is 2. The van der Waals surface area contributed by atoms with E-state index in [4.69, 9.17) is 14.6 Å². The van der Waals surface area contributed by atoms with Crippen molar-refractivity contribution in [3.63, 3.8) is 0 Å². The Labute approximate surface area is 343 Å². The van der Waals surface area contributed by atoms with Crippen LogP contribution in [0.3, 0.4) is 0 Å². The van der Waals surface area contributed by atoms with Gasteiger partial charge in [-0.1, -0.05) is 48.5 Å². The van der Waals surface area contributed by atoms with Gasteiger partial charge in [-0.2, -0.15) is 10.4 Å². The zero-order chi connectivity index (χ0) is 40.7. The van der Waals surface area contributed by atoms with Crippen molar-refractivity contribution < 1.29 is 23.5 Å². The number of hydrogen-bond acceptors (Lipinski definition) is 8. The van der Waals surface area contributed by atoms with Gasteiger partial charge in [0.25, 0.3) is 11.5 Å². The Morgan fingerprint density at radius 1 is 0.797 bits per heavy atom. The molecule has 59 heavy (non-hydrogen) atoms. The summed E-state index contributed by atoms with van der Waals surface area (Å²) < 4.78 is 28.4. The zero-order valence-electron chi connectivity index (χ0n) is 33.5. The number of aromatic nitrogens is 2. The first-order valence-electron chi connectivity index (χ1n) is 21.1. The van der Waals surface area contributed by atoms with Crippen LogP contribution >= 0.6 is 0 Å². The zero-order valence-corrected chi connectivity index (χ0v) is 33.5. The third-order valence-electron chi connectivity index (χ3n) is 11.7. The molecule has 3 aliphatic rings. The van der Waals surface area contributed by atoms with E-state index >= 15 is 4.39 Å². The van der Waals surface area contributed by atoms with Crippen LogP contribution in [0.5, 0.6) is 0 Å². The first-order valence-corrected chi connectivity index (χ1v) is 21.1. The second kappa shape index (κ2) is 18.5. The molecule has 306 valence electrons. The molecule has 8 rings (SSSR count). The monoisotopic (exact) mass is 798 g/mol. The van der Waals surface area contributed by atoms with Gasteiger partial charge in [0.05, 0.1) is 41.4 Å². The van der Waals surface area contributed by atoms with Gasteiger partial charge in [0.15, 0.2) is 0 Å². The van der Waals surface area contributed by atoms with Crippen LogP contribution in [0.2, 0.25) is 0 Å². The van der Waals surface area contributed by atoms with Crippen LogP contribution in [-0.2, 0) is 27.2 Å². The molecule has 11 nitrogen and oxygen atoms in total. The lowest BCUT2D eigenvalue weighted by Crippen LogP contribution is -2.51. The van der Waals surface area contributed by atoms with Crippen LogP contribution < -0.4 is 10.5 Å². The van der Waals surface area contributed by atoms with Crippen molar-refractivity contribution >= 4 is 39.0 Å². The van der Waals surface area contributed by atoms with Crippen LogP contribution in [0, 0.1) is 29.0 Å². The molecular weight excluding hydrogens is 748 g/mol. The van der Waals surface area contributed by atoms with Gasteiger partial charge in [0.1, 0.15) is 5.82 Å². The van der Waals surface area contributed by atoms with Gasteiger partial charge in [-0.05, 0) is 80.3 Å². The van der Waals surface area contributed by atoms with Crippen molar-refractivity contribution in [2.45, 2.75) is 51.5 Å². The summed E-state index contributed by atoms with van der Waals surface area (Å²) in [6, 6.07) is 26.3. The van der Waals surface area contributed by atoms with Gasteiger partial charge in [-0.25, -0.2) is 9.07 Å². The molecule has 2 aliphatic carbocycles. The Kier molecular flexibility index (Phi) is 12.6. The highest BCUT2D eigenvalue weighted by Crippen LogP contribution is 2.35. The molecule has 2 saturated carbocycles. The van der Waals surface area contributed by atoms with E-state index in [1.54, 1.807) is 23.1 Å². The second-order valence-corrected chi connectivity index (χ2v) is 16.0. The second-order valence-electron chi connectivity index (χ2n) is 16.0. The summed E-state index contributed by atoms with van der Waals surface area (Å²) in [4.78, 5) is 45.3. The highest BCUT2D eigenvalue weighted by atomic mass is 19.1. The molecule has 0 unspecified atom stereocenters. The van der Waals surface area contributed by atoms with E-state index in [1.807, 2.05) is 47.4 Å². The molecule has 0 spiro atoms. The van der Waals surface area contributed by atoms with Crippen LogP contribution in [0.1, 0.15) is 65.7 Å². The SMILES string of the molecule is N#Cc1ccc(N(CCCOCCCOCCn2nc(Cc3ccc(F)c(C(=O)N4CCN(C(=O)C5CC5)CC4)c3)c3ccccc3c2=O)CC2CC2)c2ccccc12. The lowest BCUT2D eigenvalue weighted by atomic mass is 10.0. The number of amides is 2. The number of carbonyl (C=O) groups is 2. The number of fused-ring (bicyclic) bond motifs is 2. The number of anilines is 1. The molecule has 4 aromatic carbocycles. The van der Waals surface area contributed by atoms with Crippen molar-refractivity contribution in [2.24, 2.45) is 11.8 Å². The fourth-order valence-corrected chi connectivity index (χ4v) is 8.07. The number of carbonyl (C=O) groups excluding carboxylic acids is 2. The number of rotatable bonds is 18. The van der Waals surface area contributed by atoms with Crippen molar-refractivity contribution in [2.75, 3.05) is 70.6 Å². The molecular formula is C47H51FN6O5. The van der Waals surface area contributed by atoms with Crippen molar-refractivity contribution in [3.05, 3.63) is 117 Å². The summed E-state index contributed by atoms with van der Waals surface area (Å²) in [6.45, 7) is 5.79. The molecule has 0 bridgehead atoms. The topological polar surface area (TPSA) is 121 Å². The van der Waals surface area contributed by atoms with Gasteiger partial charge in [-0.3, -0.25) is 14.4 Å². The van der Waals surface area contributed by atoms with E-state index in [2.05, 4.69) is 23.1 Å². The van der Waals surface area contributed by atoms with E-state index in [-0.39, 0.29) is 29.5 Å². The summed E-state index contributed by atoms with van der Waals surface area (Å²) in [5.41, 5.74) is 3.00. The standard InChI is InChI=1S/C47H51FN6O5/c48-42-17-13-34(29-41(42)46(56)52-22-20-51(21-23-52)45(55)35-14-15-35)30-43-38-8-2-4-10-40(38)47(57)54(50-43)24-28-59-27-6-26-58-25-5-19-53(32-33-11-12-33)44-18-16-36(31-49)37-7-1-3-9-39(37)44/h1-4,7-10,13,16-18,29,33,35H,5-6,11-12,14-15,19-28,30,32H2. The Bertz CT molecular complexity index is 2410. The summed E-state index contributed by atoms with van der Waals surface area (Å²) in [5.74, 6) is 0.0245. The van der Waals surface area contributed by atoms with Crippen LogP contribution in [0.25, 0.3) is 21.5 Å². The van der Waals surface area contributed by atoms with Crippen LogP contribution in [-0.4, -0.2) is 97.1 Å². The summed E-state index contributed by atoms with van der Waals surface area (Å²) in [6.07, 6.45) is 6.30. The smallest absolute Gasteiger partial charge is 0.274 e. The molecule has 0 atom stereocenters. The fraction of sp³-hybridized carbons (Fsp3) is 0.426. The highest BCUT2D eigenvalue weighted by molar-refractivity contribution is 5.98. The predicted molar refractivity (Wildman–Crippen MR) is 225 cm³/mol. The minimum Gasteiger partial charge on any atom is -0.381 e. The van der Waals surface area contributed by atoms with Crippen molar-refractivity contribution in [1.29, 1.82) is 5.26 Å². The summed E-state index contributed by atoms with van der Waals surface area (Å²) in [7, 11) is 0. The Balaban J connectivity index is 0.811. The maximum Gasteiger partial charge on any atom is 0.274 e. The molecule has 0 radical (unpaired) electrons. The fourth-order valence-electron chi connectivity index (χ4n) is 8.07. The largest absolute Gasteiger partial charge is 0.381 e. The maximum absolute atomic E-state index is 15.1. The first-order chi connectivity index (χ1) is 28.9. The van der Waals surface area contributed by atoms with Crippen molar-refractivity contribution in [3.8, 4) is 6.07 Å². The Morgan fingerprint density at radius 2 is 1.47 bits per heavy atom. The summed E-state index contributed by atoms with van der Waals surface area (Å²) >= 11 is 0. The number of piperazine rings is 1. The minimum atomic E-state index is -0.593. The molecule has 2 heterocycles. The van der Waals surface area contributed by atoms with Gasteiger partial charge < -0.3 is 24.2 Å². The molecule has 1 aromatic heterocycles. The number of halogens is 1. The van der Waals surface area contributed by atoms with Gasteiger partial charge >= 0.3 is 0 Å². The first kappa shape index (κ1) is 40.2. The lowest BCUT2D eigenvalue weighted by molar-refractivity contribution is -0.134. The average molecular weight is 799 g/mol.